The van der Waals surface area contributed by atoms with Crippen LogP contribution in [0.25, 0.3) is 0 Å². The van der Waals surface area contributed by atoms with E-state index in [1.165, 1.54) is 0 Å². The van der Waals surface area contributed by atoms with Crippen LogP contribution >= 0.6 is 0 Å². The van der Waals surface area contributed by atoms with Gasteiger partial charge in [0.1, 0.15) is 0 Å². The van der Waals surface area contributed by atoms with E-state index >= 15 is 0 Å². The molecule has 0 spiro atoms. The summed E-state index contributed by atoms with van der Waals surface area (Å²) in [4.78, 5) is 33.5. The number of carboxylic acid groups (broad SMARTS) is 1. The standard InChI is InChI=1S/C13H23N3O4/c14-7-10(17)15-8-11(18)16-9-13(6-12(19)20)4-2-1-3-5-13/h1-9,14H2,(H,15,17)(H,16,18)(H,19,20). The lowest BCUT2D eigenvalue weighted by Crippen LogP contribution is -2.44. The van der Waals surface area contributed by atoms with Gasteiger partial charge in [-0.05, 0) is 18.3 Å². The maximum atomic E-state index is 11.6. The first-order valence-electron chi connectivity index (χ1n) is 6.93. The Morgan fingerprint density at radius 1 is 1.05 bits per heavy atom. The third kappa shape index (κ3) is 5.56. The van der Waals surface area contributed by atoms with Gasteiger partial charge in [0.2, 0.25) is 11.8 Å². The van der Waals surface area contributed by atoms with Crippen LogP contribution < -0.4 is 16.4 Å². The largest absolute Gasteiger partial charge is 0.481 e. The van der Waals surface area contributed by atoms with Gasteiger partial charge in [-0.3, -0.25) is 14.4 Å². The van der Waals surface area contributed by atoms with Gasteiger partial charge in [-0.1, -0.05) is 19.3 Å². The van der Waals surface area contributed by atoms with Crippen LogP contribution in [0.3, 0.4) is 0 Å². The van der Waals surface area contributed by atoms with Crippen LogP contribution in [0.5, 0.6) is 0 Å². The number of carbonyl (C=O) groups is 3. The van der Waals surface area contributed by atoms with E-state index in [4.69, 9.17) is 10.8 Å². The SMILES string of the molecule is NCC(=O)NCC(=O)NCC1(CC(=O)O)CCCCC1. The smallest absolute Gasteiger partial charge is 0.303 e. The Bertz CT molecular complexity index is 365. The van der Waals surface area contributed by atoms with E-state index in [-0.39, 0.29) is 30.8 Å². The Kier molecular flexibility index (Phi) is 6.44. The number of aliphatic carboxylic acids is 1. The molecule has 1 fully saturated rings. The average Bonchev–Trinajstić information content (AvgIpc) is 2.43. The highest BCUT2D eigenvalue weighted by molar-refractivity contribution is 5.85. The van der Waals surface area contributed by atoms with Gasteiger partial charge in [-0.15, -0.1) is 0 Å². The molecular formula is C13H23N3O4. The first-order chi connectivity index (χ1) is 9.47. The molecule has 0 bridgehead atoms. The van der Waals surface area contributed by atoms with Crippen molar-refractivity contribution in [3.63, 3.8) is 0 Å². The average molecular weight is 285 g/mol. The summed E-state index contributed by atoms with van der Waals surface area (Å²) >= 11 is 0. The molecule has 0 aliphatic heterocycles. The second kappa shape index (κ2) is 7.84. The molecule has 7 nitrogen and oxygen atoms in total. The Balaban J connectivity index is 2.43. The molecule has 0 aromatic rings. The Labute approximate surface area is 118 Å². The predicted molar refractivity (Wildman–Crippen MR) is 72.8 cm³/mol. The van der Waals surface area contributed by atoms with Crippen molar-refractivity contribution in [1.29, 1.82) is 0 Å². The minimum absolute atomic E-state index is 0.0719. The zero-order valence-corrected chi connectivity index (χ0v) is 11.6. The third-order valence-electron chi connectivity index (χ3n) is 3.73. The molecular weight excluding hydrogens is 262 g/mol. The summed E-state index contributed by atoms with van der Waals surface area (Å²) in [5.74, 6) is -1.54. The highest BCUT2D eigenvalue weighted by atomic mass is 16.4. The maximum absolute atomic E-state index is 11.6. The number of nitrogens with two attached hydrogens (primary N) is 1. The Morgan fingerprint density at radius 2 is 1.70 bits per heavy atom. The first-order valence-corrected chi connectivity index (χ1v) is 6.93. The van der Waals surface area contributed by atoms with Crippen molar-refractivity contribution in [2.45, 2.75) is 38.5 Å². The van der Waals surface area contributed by atoms with E-state index in [0.717, 1.165) is 32.1 Å². The highest BCUT2D eigenvalue weighted by Crippen LogP contribution is 2.38. The zero-order valence-electron chi connectivity index (χ0n) is 11.6. The van der Waals surface area contributed by atoms with E-state index < -0.39 is 11.9 Å². The number of nitrogens with one attached hydrogen (secondary N) is 2. The number of hydrogen-bond acceptors (Lipinski definition) is 4. The number of rotatable bonds is 7. The van der Waals surface area contributed by atoms with Crippen LogP contribution in [0.1, 0.15) is 38.5 Å². The second-order valence-electron chi connectivity index (χ2n) is 5.39. The van der Waals surface area contributed by atoms with Crippen LogP contribution in [0.2, 0.25) is 0 Å². The van der Waals surface area contributed by atoms with Gasteiger partial charge in [-0.2, -0.15) is 0 Å². The minimum Gasteiger partial charge on any atom is -0.481 e. The molecule has 0 radical (unpaired) electrons. The van der Waals surface area contributed by atoms with Gasteiger partial charge in [0.15, 0.2) is 0 Å². The molecule has 1 saturated carbocycles. The van der Waals surface area contributed by atoms with Crippen LogP contribution in [-0.4, -0.2) is 42.5 Å². The molecule has 0 atom stereocenters. The Morgan fingerprint density at radius 3 is 2.25 bits per heavy atom. The molecule has 20 heavy (non-hydrogen) atoms. The Hall–Kier alpha value is -1.63. The zero-order chi connectivity index (χ0) is 15.0. The van der Waals surface area contributed by atoms with Crippen molar-refractivity contribution >= 4 is 17.8 Å². The van der Waals surface area contributed by atoms with Crippen molar-refractivity contribution in [3.8, 4) is 0 Å². The van der Waals surface area contributed by atoms with Crippen molar-refractivity contribution in [3.05, 3.63) is 0 Å². The van der Waals surface area contributed by atoms with E-state index in [1.807, 2.05) is 0 Å². The highest BCUT2D eigenvalue weighted by Gasteiger charge is 2.34. The summed E-state index contributed by atoms with van der Waals surface area (Å²) < 4.78 is 0. The molecule has 114 valence electrons. The molecule has 0 aromatic heterocycles. The van der Waals surface area contributed by atoms with E-state index in [1.54, 1.807) is 0 Å². The second-order valence-corrected chi connectivity index (χ2v) is 5.39. The number of carboxylic acids is 1. The quantitative estimate of drug-likeness (QED) is 0.507. The molecule has 1 rings (SSSR count). The predicted octanol–water partition coefficient (Wildman–Crippen LogP) is -0.397. The van der Waals surface area contributed by atoms with Crippen LogP contribution in [-0.2, 0) is 14.4 Å². The van der Waals surface area contributed by atoms with Gasteiger partial charge in [-0.25, -0.2) is 0 Å². The lowest BCUT2D eigenvalue weighted by Gasteiger charge is -2.36. The fourth-order valence-corrected chi connectivity index (χ4v) is 2.64. The molecule has 1 aliphatic rings. The van der Waals surface area contributed by atoms with Crippen LogP contribution in [0.15, 0.2) is 0 Å². The van der Waals surface area contributed by atoms with Gasteiger partial charge in [0, 0.05) is 6.54 Å². The molecule has 7 heteroatoms. The van der Waals surface area contributed by atoms with Gasteiger partial charge in [0.05, 0.1) is 19.5 Å². The lowest BCUT2D eigenvalue weighted by molar-refractivity contribution is -0.140. The summed E-state index contributed by atoms with van der Waals surface area (Å²) in [6, 6.07) is 0. The lowest BCUT2D eigenvalue weighted by atomic mass is 9.71. The molecule has 0 saturated heterocycles. The van der Waals surface area contributed by atoms with Crippen molar-refractivity contribution in [2.75, 3.05) is 19.6 Å². The minimum atomic E-state index is -0.836. The fraction of sp³-hybridized carbons (Fsp3) is 0.769. The van der Waals surface area contributed by atoms with Crippen molar-refractivity contribution in [1.82, 2.24) is 10.6 Å². The number of carbonyl (C=O) groups excluding carboxylic acids is 2. The van der Waals surface area contributed by atoms with Gasteiger partial charge in [0.25, 0.3) is 0 Å². The molecule has 0 unspecified atom stereocenters. The van der Waals surface area contributed by atoms with Crippen LogP contribution in [0.4, 0.5) is 0 Å². The first kappa shape index (κ1) is 16.4. The van der Waals surface area contributed by atoms with Gasteiger partial charge >= 0.3 is 5.97 Å². The number of hydrogen-bond donors (Lipinski definition) is 4. The third-order valence-corrected chi connectivity index (χ3v) is 3.73. The summed E-state index contributed by atoms with van der Waals surface area (Å²) in [5.41, 5.74) is 4.77. The normalized spacial score (nSPS) is 17.2. The molecule has 0 aromatic carbocycles. The topological polar surface area (TPSA) is 122 Å². The fourth-order valence-electron chi connectivity index (χ4n) is 2.64. The van der Waals surface area contributed by atoms with Crippen LogP contribution in [0, 0.1) is 5.41 Å². The van der Waals surface area contributed by atoms with Gasteiger partial charge < -0.3 is 21.5 Å². The number of amides is 2. The molecule has 0 heterocycles. The van der Waals surface area contributed by atoms with Crippen molar-refractivity contribution < 1.29 is 19.5 Å². The van der Waals surface area contributed by atoms with Crippen molar-refractivity contribution in [2.24, 2.45) is 11.1 Å². The molecule has 1 aliphatic carbocycles. The summed E-state index contributed by atoms with van der Waals surface area (Å²) in [7, 11) is 0. The maximum Gasteiger partial charge on any atom is 0.303 e. The summed E-state index contributed by atoms with van der Waals surface area (Å²) in [6.07, 6.45) is 4.80. The van der Waals surface area contributed by atoms with E-state index in [2.05, 4.69) is 10.6 Å². The summed E-state index contributed by atoms with van der Waals surface area (Å²) in [6.45, 7) is 0.0616. The molecule has 5 N–H and O–H groups in total. The molecule has 2 amide bonds. The monoisotopic (exact) mass is 285 g/mol. The van der Waals surface area contributed by atoms with E-state index in [9.17, 15) is 14.4 Å². The van der Waals surface area contributed by atoms with E-state index in [0.29, 0.717) is 6.54 Å². The summed E-state index contributed by atoms with van der Waals surface area (Å²) in [5, 5.41) is 14.1.